The lowest BCUT2D eigenvalue weighted by Crippen LogP contribution is -2.18. The summed E-state index contributed by atoms with van der Waals surface area (Å²) in [7, 11) is 0. The van der Waals surface area contributed by atoms with Crippen LogP contribution in [0.2, 0.25) is 0 Å². The topological polar surface area (TPSA) is 108 Å². The molecule has 34 heavy (non-hydrogen) atoms. The number of thiazole rings is 1. The number of aromatic nitrogens is 1. The molecular formula is C25H21N3O4S2. The van der Waals surface area contributed by atoms with E-state index in [1.54, 1.807) is 12.1 Å². The van der Waals surface area contributed by atoms with Crippen LogP contribution in [0.15, 0.2) is 83.8 Å². The number of hydrogen-bond donors (Lipinski definition) is 3. The van der Waals surface area contributed by atoms with Crippen molar-refractivity contribution in [1.82, 2.24) is 4.98 Å². The highest BCUT2D eigenvalue weighted by molar-refractivity contribution is 8.00. The van der Waals surface area contributed by atoms with E-state index in [0.717, 1.165) is 20.7 Å². The maximum absolute atomic E-state index is 13.3. The molecule has 9 heteroatoms. The minimum absolute atomic E-state index is 0.0894. The zero-order chi connectivity index (χ0) is 23.9. The minimum atomic E-state index is -1.02. The minimum Gasteiger partial charge on any atom is -0.481 e. The van der Waals surface area contributed by atoms with Crippen LogP contribution in [0, 0.1) is 0 Å². The summed E-state index contributed by atoms with van der Waals surface area (Å²) in [5.74, 6) is -1.56. The Labute approximate surface area is 204 Å². The monoisotopic (exact) mass is 491 g/mol. The number of rotatable bonds is 9. The van der Waals surface area contributed by atoms with Crippen LogP contribution in [0.1, 0.15) is 23.7 Å². The van der Waals surface area contributed by atoms with Gasteiger partial charge in [-0.1, -0.05) is 53.8 Å². The van der Waals surface area contributed by atoms with Crippen LogP contribution in [-0.2, 0) is 14.4 Å². The highest BCUT2D eigenvalue weighted by Crippen LogP contribution is 2.37. The van der Waals surface area contributed by atoms with E-state index in [-0.39, 0.29) is 24.7 Å². The Morgan fingerprint density at radius 3 is 2.29 bits per heavy atom. The highest BCUT2D eigenvalue weighted by atomic mass is 32.2. The molecule has 7 nitrogen and oxygen atoms in total. The summed E-state index contributed by atoms with van der Waals surface area (Å²) in [5.41, 5.74) is 2.26. The smallest absolute Gasteiger partial charge is 0.303 e. The first-order valence-corrected chi connectivity index (χ1v) is 12.2. The second-order valence-corrected chi connectivity index (χ2v) is 9.56. The van der Waals surface area contributed by atoms with E-state index in [4.69, 9.17) is 5.11 Å². The van der Waals surface area contributed by atoms with Crippen molar-refractivity contribution in [2.24, 2.45) is 0 Å². The third kappa shape index (κ3) is 6.21. The van der Waals surface area contributed by atoms with Gasteiger partial charge in [-0.15, -0.1) is 11.8 Å². The number of para-hydroxylation sites is 1. The van der Waals surface area contributed by atoms with Crippen LogP contribution in [0.4, 0.5) is 10.8 Å². The number of thioether (sulfide) groups is 1. The first kappa shape index (κ1) is 23.5. The molecule has 0 aliphatic heterocycles. The first-order chi connectivity index (χ1) is 16.5. The van der Waals surface area contributed by atoms with E-state index in [1.807, 2.05) is 66.7 Å². The quantitative estimate of drug-likeness (QED) is 0.264. The number of amides is 2. The van der Waals surface area contributed by atoms with Gasteiger partial charge in [-0.3, -0.25) is 14.4 Å². The molecule has 4 rings (SSSR count). The number of anilines is 2. The predicted molar refractivity (Wildman–Crippen MR) is 135 cm³/mol. The third-order valence-corrected chi connectivity index (χ3v) is 7.04. The summed E-state index contributed by atoms with van der Waals surface area (Å²) >= 11 is 2.82. The zero-order valence-electron chi connectivity index (χ0n) is 17.9. The molecule has 4 aromatic rings. The molecule has 0 saturated carbocycles. The van der Waals surface area contributed by atoms with Gasteiger partial charge in [-0.25, -0.2) is 4.98 Å². The molecule has 172 valence electrons. The molecule has 0 saturated heterocycles. The first-order valence-electron chi connectivity index (χ1n) is 10.5. The van der Waals surface area contributed by atoms with Gasteiger partial charge >= 0.3 is 5.97 Å². The zero-order valence-corrected chi connectivity index (χ0v) is 19.6. The number of hydrogen-bond acceptors (Lipinski definition) is 6. The number of fused-ring (bicyclic) bond motifs is 1. The van der Waals surface area contributed by atoms with Gasteiger partial charge in [0.15, 0.2) is 5.13 Å². The van der Waals surface area contributed by atoms with Crippen molar-refractivity contribution >= 4 is 61.9 Å². The molecule has 1 atom stereocenters. The van der Waals surface area contributed by atoms with Crippen molar-refractivity contribution in [1.29, 1.82) is 0 Å². The summed E-state index contributed by atoms with van der Waals surface area (Å²) in [5, 5.41) is 14.4. The molecule has 0 aliphatic carbocycles. The number of carboxylic acid groups (broad SMARTS) is 1. The summed E-state index contributed by atoms with van der Waals surface area (Å²) in [6, 6.07) is 24.3. The van der Waals surface area contributed by atoms with Crippen LogP contribution >= 0.6 is 23.1 Å². The van der Waals surface area contributed by atoms with Crippen molar-refractivity contribution in [3.8, 4) is 0 Å². The fourth-order valence-electron chi connectivity index (χ4n) is 3.19. The number of nitrogens with zero attached hydrogens (tertiary/aromatic N) is 1. The Morgan fingerprint density at radius 2 is 1.59 bits per heavy atom. The standard InChI is InChI=1S/C25H21N3O4S2/c29-21(14-15-22(30)31)26-17-10-12-18(13-11-17)33-23(16-6-2-1-3-7-16)24(32)28-25-27-19-8-4-5-9-20(19)34-25/h1-13,23H,14-15H2,(H,26,29)(H,30,31)(H,27,28,32). The number of carbonyl (C=O) groups is 3. The molecule has 0 fully saturated rings. The van der Waals surface area contributed by atoms with E-state index >= 15 is 0 Å². The Balaban J connectivity index is 1.47. The highest BCUT2D eigenvalue weighted by Gasteiger charge is 2.23. The van der Waals surface area contributed by atoms with E-state index in [1.165, 1.54) is 23.1 Å². The van der Waals surface area contributed by atoms with Gasteiger partial charge in [0.1, 0.15) is 5.25 Å². The fraction of sp³-hybridized carbons (Fsp3) is 0.120. The van der Waals surface area contributed by atoms with Gasteiger partial charge < -0.3 is 15.7 Å². The summed E-state index contributed by atoms with van der Waals surface area (Å²) in [4.78, 5) is 41.1. The fourth-order valence-corrected chi connectivity index (χ4v) is 5.09. The lowest BCUT2D eigenvalue weighted by molar-refractivity contribution is -0.138. The van der Waals surface area contributed by atoms with Gasteiger partial charge in [0.25, 0.3) is 0 Å². The Kier molecular flexibility index (Phi) is 7.56. The van der Waals surface area contributed by atoms with E-state index < -0.39 is 11.2 Å². The molecule has 1 heterocycles. The second-order valence-electron chi connectivity index (χ2n) is 7.35. The molecule has 0 spiro atoms. The number of carbonyl (C=O) groups excluding carboxylic acids is 2. The Bertz CT molecular complexity index is 1270. The molecule has 3 N–H and O–H groups in total. The molecule has 1 unspecified atom stereocenters. The summed E-state index contributed by atoms with van der Waals surface area (Å²) < 4.78 is 1.00. The van der Waals surface area contributed by atoms with Gasteiger partial charge in [-0.05, 0) is 42.0 Å². The van der Waals surface area contributed by atoms with Crippen molar-refractivity contribution < 1.29 is 19.5 Å². The van der Waals surface area contributed by atoms with Crippen molar-refractivity contribution in [3.05, 3.63) is 84.4 Å². The Hall–Kier alpha value is -3.69. The molecule has 3 aromatic carbocycles. The van der Waals surface area contributed by atoms with E-state index in [0.29, 0.717) is 10.8 Å². The summed E-state index contributed by atoms with van der Waals surface area (Å²) in [6.45, 7) is 0. The third-order valence-electron chi connectivity index (χ3n) is 4.82. The molecule has 0 radical (unpaired) electrons. The molecule has 0 bridgehead atoms. The van der Waals surface area contributed by atoms with Crippen LogP contribution in [0.5, 0.6) is 0 Å². The van der Waals surface area contributed by atoms with Gasteiger partial charge in [0.05, 0.1) is 16.6 Å². The van der Waals surface area contributed by atoms with Crippen molar-refractivity contribution in [2.75, 3.05) is 10.6 Å². The number of aliphatic carboxylic acids is 1. The predicted octanol–water partition coefficient (Wildman–Crippen LogP) is 5.57. The molecule has 0 aliphatic rings. The SMILES string of the molecule is O=C(O)CCC(=O)Nc1ccc(SC(C(=O)Nc2nc3ccccc3s2)c2ccccc2)cc1. The molecular weight excluding hydrogens is 470 g/mol. The number of benzene rings is 3. The van der Waals surface area contributed by atoms with Crippen LogP contribution < -0.4 is 10.6 Å². The van der Waals surface area contributed by atoms with E-state index in [2.05, 4.69) is 15.6 Å². The van der Waals surface area contributed by atoms with Gasteiger partial charge in [-0.2, -0.15) is 0 Å². The summed E-state index contributed by atoms with van der Waals surface area (Å²) in [6.07, 6.45) is -0.309. The normalized spacial score (nSPS) is 11.6. The van der Waals surface area contributed by atoms with Crippen LogP contribution in [0.25, 0.3) is 10.2 Å². The molecule has 2 amide bonds. The lowest BCUT2D eigenvalue weighted by Gasteiger charge is -2.16. The van der Waals surface area contributed by atoms with E-state index in [9.17, 15) is 14.4 Å². The van der Waals surface area contributed by atoms with Gasteiger partial charge in [0, 0.05) is 17.0 Å². The lowest BCUT2D eigenvalue weighted by atomic mass is 10.1. The average Bonchev–Trinajstić information content (AvgIpc) is 3.25. The molecule has 1 aromatic heterocycles. The maximum atomic E-state index is 13.3. The maximum Gasteiger partial charge on any atom is 0.303 e. The van der Waals surface area contributed by atoms with Crippen molar-refractivity contribution in [3.63, 3.8) is 0 Å². The number of carboxylic acids is 1. The Morgan fingerprint density at radius 1 is 0.882 bits per heavy atom. The van der Waals surface area contributed by atoms with Crippen LogP contribution in [-0.4, -0.2) is 27.9 Å². The number of nitrogens with one attached hydrogen (secondary N) is 2. The van der Waals surface area contributed by atoms with Crippen molar-refractivity contribution in [2.45, 2.75) is 23.0 Å². The van der Waals surface area contributed by atoms with Crippen LogP contribution in [0.3, 0.4) is 0 Å². The second kappa shape index (κ2) is 11.0. The average molecular weight is 492 g/mol. The van der Waals surface area contributed by atoms with Gasteiger partial charge in [0.2, 0.25) is 11.8 Å². The largest absolute Gasteiger partial charge is 0.481 e.